The molecule has 1 rings (SSSR count). The van der Waals surface area contributed by atoms with Crippen molar-refractivity contribution in [3.8, 4) is 0 Å². The van der Waals surface area contributed by atoms with Crippen LogP contribution in [0.15, 0.2) is 17.0 Å². The van der Waals surface area contributed by atoms with Gasteiger partial charge in [-0.15, -0.1) is 0 Å². The van der Waals surface area contributed by atoms with Crippen molar-refractivity contribution in [2.45, 2.75) is 31.8 Å². The standard InChI is InChI=1S/C13H18O5S/c1-8-5-9(2)12(6-11(8)13(14)15)19(16,17)7-10(3)18-4/h5-6,10H,7H2,1-4H3,(H,14,15). The summed E-state index contributed by atoms with van der Waals surface area (Å²) in [5, 5.41) is 9.06. The quantitative estimate of drug-likeness (QED) is 0.892. The Morgan fingerprint density at radius 1 is 1.32 bits per heavy atom. The fraction of sp³-hybridized carbons (Fsp3) is 0.462. The van der Waals surface area contributed by atoms with Gasteiger partial charge in [0.25, 0.3) is 0 Å². The van der Waals surface area contributed by atoms with E-state index in [1.54, 1.807) is 26.8 Å². The summed E-state index contributed by atoms with van der Waals surface area (Å²) in [6.45, 7) is 4.95. The van der Waals surface area contributed by atoms with Gasteiger partial charge in [0, 0.05) is 7.11 Å². The highest BCUT2D eigenvalue weighted by atomic mass is 32.2. The zero-order valence-corrected chi connectivity index (χ0v) is 12.2. The van der Waals surface area contributed by atoms with Crippen LogP contribution in [0.4, 0.5) is 0 Å². The molecule has 0 aliphatic carbocycles. The number of aromatic carboxylic acids is 1. The van der Waals surface area contributed by atoms with Crippen LogP contribution < -0.4 is 0 Å². The van der Waals surface area contributed by atoms with E-state index in [1.807, 2.05) is 0 Å². The summed E-state index contributed by atoms with van der Waals surface area (Å²) in [5.41, 5.74) is 1.10. The number of carboxylic acid groups (broad SMARTS) is 1. The van der Waals surface area contributed by atoms with Crippen LogP contribution in [0.25, 0.3) is 0 Å². The molecule has 0 saturated carbocycles. The largest absolute Gasteiger partial charge is 0.478 e. The molecular weight excluding hydrogens is 268 g/mol. The molecule has 1 aromatic rings. The van der Waals surface area contributed by atoms with Gasteiger partial charge < -0.3 is 9.84 Å². The summed E-state index contributed by atoms with van der Waals surface area (Å²) < 4.78 is 29.4. The zero-order chi connectivity index (χ0) is 14.8. The maximum absolute atomic E-state index is 12.2. The van der Waals surface area contributed by atoms with Gasteiger partial charge in [-0.2, -0.15) is 0 Å². The first kappa shape index (κ1) is 15.7. The number of ether oxygens (including phenoxy) is 1. The second kappa shape index (κ2) is 5.71. The first-order valence-electron chi connectivity index (χ1n) is 5.79. The minimum absolute atomic E-state index is 0.00856. The predicted molar refractivity (Wildman–Crippen MR) is 71.4 cm³/mol. The van der Waals surface area contributed by atoms with E-state index in [2.05, 4.69) is 0 Å². The lowest BCUT2D eigenvalue weighted by Crippen LogP contribution is -2.21. The van der Waals surface area contributed by atoms with Crippen LogP contribution in [-0.2, 0) is 14.6 Å². The van der Waals surface area contributed by atoms with Crippen molar-refractivity contribution in [3.05, 3.63) is 28.8 Å². The molecule has 1 N–H and O–H groups in total. The molecule has 5 nitrogen and oxygen atoms in total. The number of hydrogen-bond donors (Lipinski definition) is 1. The van der Waals surface area contributed by atoms with E-state index in [-0.39, 0.29) is 16.2 Å². The van der Waals surface area contributed by atoms with Gasteiger partial charge in [0.15, 0.2) is 9.84 Å². The molecule has 1 unspecified atom stereocenters. The Labute approximate surface area is 113 Å². The van der Waals surface area contributed by atoms with Crippen molar-refractivity contribution in [2.24, 2.45) is 0 Å². The van der Waals surface area contributed by atoms with Gasteiger partial charge in [0.1, 0.15) is 0 Å². The average Bonchev–Trinajstić information content (AvgIpc) is 2.27. The molecule has 0 bridgehead atoms. The van der Waals surface area contributed by atoms with Gasteiger partial charge in [0.2, 0.25) is 0 Å². The van der Waals surface area contributed by atoms with E-state index < -0.39 is 21.9 Å². The Hall–Kier alpha value is -1.40. The van der Waals surface area contributed by atoms with Gasteiger partial charge in [-0.25, -0.2) is 13.2 Å². The van der Waals surface area contributed by atoms with Crippen molar-refractivity contribution in [2.75, 3.05) is 12.9 Å². The molecule has 6 heteroatoms. The Morgan fingerprint density at radius 2 is 1.89 bits per heavy atom. The number of carbonyl (C=O) groups is 1. The summed E-state index contributed by atoms with van der Waals surface area (Å²) >= 11 is 0. The van der Waals surface area contributed by atoms with Crippen molar-refractivity contribution in [1.29, 1.82) is 0 Å². The van der Waals surface area contributed by atoms with Crippen LogP contribution in [-0.4, -0.2) is 38.5 Å². The lowest BCUT2D eigenvalue weighted by atomic mass is 10.1. The molecule has 0 aromatic heterocycles. The van der Waals surface area contributed by atoms with Gasteiger partial charge in [-0.05, 0) is 38.0 Å². The second-order valence-corrected chi connectivity index (χ2v) is 6.57. The van der Waals surface area contributed by atoms with E-state index >= 15 is 0 Å². The van der Waals surface area contributed by atoms with E-state index in [1.165, 1.54) is 13.2 Å². The number of carboxylic acids is 1. The Kier molecular flexibility index (Phi) is 4.70. The highest BCUT2D eigenvalue weighted by Gasteiger charge is 2.23. The molecule has 0 heterocycles. The van der Waals surface area contributed by atoms with Crippen molar-refractivity contribution < 1.29 is 23.1 Å². The maximum atomic E-state index is 12.2. The first-order chi connectivity index (χ1) is 8.69. The molecule has 0 aliphatic rings. The monoisotopic (exact) mass is 286 g/mol. The number of hydrogen-bond acceptors (Lipinski definition) is 4. The van der Waals surface area contributed by atoms with Gasteiger partial charge in [0.05, 0.1) is 22.3 Å². The predicted octanol–water partition coefficient (Wildman–Crippen LogP) is 1.81. The van der Waals surface area contributed by atoms with Crippen molar-refractivity contribution in [3.63, 3.8) is 0 Å². The third kappa shape index (κ3) is 3.54. The van der Waals surface area contributed by atoms with Crippen molar-refractivity contribution >= 4 is 15.8 Å². The summed E-state index contributed by atoms with van der Waals surface area (Å²) in [4.78, 5) is 11.1. The Morgan fingerprint density at radius 3 is 2.37 bits per heavy atom. The summed E-state index contributed by atoms with van der Waals surface area (Å²) in [6.07, 6.45) is -0.445. The zero-order valence-electron chi connectivity index (χ0n) is 11.4. The Bertz CT molecular complexity index is 589. The first-order valence-corrected chi connectivity index (χ1v) is 7.44. The lowest BCUT2D eigenvalue weighted by molar-refractivity contribution is 0.0696. The molecular formula is C13H18O5S. The van der Waals surface area contributed by atoms with E-state index in [4.69, 9.17) is 9.84 Å². The summed E-state index contributed by atoms with van der Waals surface area (Å²) in [7, 11) is -2.13. The van der Waals surface area contributed by atoms with Gasteiger partial charge in [-0.1, -0.05) is 6.07 Å². The number of methoxy groups -OCH3 is 1. The smallest absolute Gasteiger partial charge is 0.335 e. The average molecular weight is 286 g/mol. The van der Waals surface area contributed by atoms with Gasteiger partial charge >= 0.3 is 5.97 Å². The number of rotatable bonds is 5. The van der Waals surface area contributed by atoms with E-state index in [0.29, 0.717) is 11.1 Å². The Balaban J connectivity index is 3.34. The van der Waals surface area contributed by atoms with E-state index in [0.717, 1.165) is 0 Å². The minimum atomic E-state index is -3.56. The molecule has 0 radical (unpaired) electrons. The molecule has 1 aromatic carbocycles. The molecule has 19 heavy (non-hydrogen) atoms. The second-order valence-electron chi connectivity index (χ2n) is 4.57. The SMILES string of the molecule is COC(C)CS(=O)(=O)c1cc(C(=O)O)c(C)cc1C. The molecule has 0 saturated heterocycles. The highest BCUT2D eigenvalue weighted by Crippen LogP contribution is 2.22. The summed E-state index contributed by atoms with van der Waals surface area (Å²) in [6, 6.07) is 2.80. The molecule has 0 amide bonds. The van der Waals surface area contributed by atoms with Gasteiger partial charge in [-0.3, -0.25) is 0 Å². The lowest BCUT2D eigenvalue weighted by Gasteiger charge is -2.13. The molecule has 0 fully saturated rings. The maximum Gasteiger partial charge on any atom is 0.335 e. The molecule has 0 aliphatic heterocycles. The molecule has 106 valence electrons. The van der Waals surface area contributed by atoms with Crippen LogP contribution in [0.5, 0.6) is 0 Å². The van der Waals surface area contributed by atoms with E-state index in [9.17, 15) is 13.2 Å². The third-order valence-electron chi connectivity index (χ3n) is 2.94. The third-order valence-corrected chi connectivity index (χ3v) is 4.96. The van der Waals surface area contributed by atoms with Crippen LogP contribution in [0.2, 0.25) is 0 Å². The fourth-order valence-electron chi connectivity index (χ4n) is 1.86. The van der Waals surface area contributed by atoms with Crippen LogP contribution >= 0.6 is 0 Å². The molecule has 0 spiro atoms. The van der Waals surface area contributed by atoms with Crippen molar-refractivity contribution in [1.82, 2.24) is 0 Å². The van der Waals surface area contributed by atoms with Crippen LogP contribution in [0.1, 0.15) is 28.4 Å². The van der Waals surface area contributed by atoms with Crippen LogP contribution in [0, 0.1) is 13.8 Å². The number of aryl methyl sites for hydroxylation is 2. The minimum Gasteiger partial charge on any atom is -0.478 e. The van der Waals surface area contributed by atoms with Crippen LogP contribution in [0.3, 0.4) is 0 Å². The summed E-state index contributed by atoms with van der Waals surface area (Å²) in [5.74, 6) is -1.30. The normalized spacial score (nSPS) is 13.3. The highest BCUT2D eigenvalue weighted by molar-refractivity contribution is 7.91. The number of sulfone groups is 1. The number of benzene rings is 1. The topological polar surface area (TPSA) is 80.7 Å². The molecule has 1 atom stereocenters. The fourth-order valence-corrected chi connectivity index (χ4v) is 3.65.